The Bertz CT molecular complexity index is 692. The maximum absolute atomic E-state index is 9.26. The lowest BCUT2D eigenvalue weighted by atomic mass is 10.0. The predicted molar refractivity (Wildman–Crippen MR) is 75.2 cm³/mol. The molecule has 3 atom stereocenters. The summed E-state index contributed by atoms with van der Waals surface area (Å²) in [5, 5.41) is 10.5. The average Bonchev–Trinajstić information content (AvgIpc) is 3.00. The van der Waals surface area contributed by atoms with E-state index in [1.807, 2.05) is 17.7 Å². The molecular weight excluding hydrogens is 278 g/mol. The van der Waals surface area contributed by atoms with Crippen molar-refractivity contribution in [3.8, 4) is 12.3 Å². The van der Waals surface area contributed by atoms with Gasteiger partial charge in [0.15, 0.2) is 0 Å². The van der Waals surface area contributed by atoms with E-state index in [9.17, 15) is 5.11 Å². The molecule has 0 saturated carbocycles. The molecule has 0 bridgehead atoms. The molecule has 3 rings (SSSR count). The third-order valence-electron chi connectivity index (χ3n) is 3.64. The Morgan fingerprint density at radius 3 is 3.10 bits per heavy atom. The van der Waals surface area contributed by atoms with Gasteiger partial charge in [-0.2, -0.15) is 0 Å². The largest absolute Gasteiger partial charge is 0.394 e. The molecule has 1 fully saturated rings. The maximum atomic E-state index is 9.26. The van der Waals surface area contributed by atoms with Gasteiger partial charge in [0, 0.05) is 6.20 Å². The molecule has 5 nitrogen and oxygen atoms in total. The smallest absolute Gasteiger partial charge is 0.149 e. The van der Waals surface area contributed by atoms with Crippen molar-refractivity contribution < 1.29 is 9.84 Å². The molecule has 0 spiro atoms. The van der Waals surface area contributed by atoms with Crippen molar-refractivity contribution in [1.29, 1.82) is 0 Å². The summed E-state index contributed by atoms with van der Waals surface area (Å²) < 4.78 is 7.72. The Balaban J connectivity index is 2.11. The molecule has 0 amide bonds. The molecule has 1 aliphatic heterocycles. The Kier molecular flexibility index (Phi) is 3.38. The highest BCUT2D eigenvalue weighted by Crippen LogP contribution is 2.37. The number of aliphatic hydroxyl groups is 1. The Hall–Kier alpha value is -1.61. The third-order valence-corrected chi connectivity index (χ3v) is 3.92. The van der Waals surface area contributed by atoms with Gasteiger partial charge in [-0.3, -0.25) is 0 Å². The van der Waals surface area contributed by atoms with E-state index in [2.05, 4.69) is 15.9 Å². The van der Waals surface area contributed by atoms with Crippen molar-refractivity contribution in [1.82, 2.24) is 14.5 Å². The van der Waals surface area contributed by atoms with Crippen molar-refractivity contribution in [2.75, 3.05) is 6.61 Å². The molecule has 104 valence electrons. The molecule has 2 aromatic heterocycles. The fraction of sp³-hybridized carbons (Fsp3) is 0.429. The van der Waals surface area contributed by atoms with Crippen LogP contribution in [0.15, 0.2) is 12.5 Å². The summed E-state index contributed by atoms with van der Waals surface area (Å²) in [5.41, 5.74) is 1.67. The summed E-state index contributed by atoms with van der Waals surface area (Å²) in [4.78, 5) is 8.28. The average molecular weight is 292 g/mol. The van der Waals surface area contributed by atoms with Crippen molar-refractivity contribution in [3.63, 3.8) is 0 Å². The molecule has 1 aliphatic rings. The number of terminal acetylenes is 1. The molecule has 2 aromatic rings. The summed E-state index contributed by atoms with van der Waals surface area (Å²) >= 11 is 6.12. The number of aromatic nitrogens is 3. The quantitative estimate of drug-likeness (QED) is 0.678. The van der Waals surface area contributed by atoms with Crippen LogP contribution in [0.25, 0.3) is 11.0 Å². The summed E-state index contributed by atoms with van der Waals surface area (Å²) in [7, 11) is 0. The van der Waals surface area contributed by atoms with E-state index < -0.39 is 0 Å². The molecule has 0 aliphatic carbocycles. The summed E-state index contributed by atoms with van der Waals surface area (Å²) in [6.07, 6.45) is 8.97. The first-order chi connectivity index (χ1) is 9.65. The van der Waals surface area contributed by atoms with Crippen LogP contribution in [-0.2, 0) is 4.74 Å². The highest BCUT2D eigenvalue weighted by atomic mass is 35.5. The third kappa shape index (κ3) is 1.97. The number of nitrogens with zero attached hydrogens (tertiary/aromatic N) is 3. The highest BCUT2D eigenvalue weighted by molar-refractivity contribution is 6.34. The van der Waals surface area contributed by atoms with Crippen molar-refractivity contribution in [3.05, 3.63) is 23.2 Å². The number of hydrogen-bond donors (Lipinski definition) is 1. The first kappa shape index (κ1) is 13.4. The lowest BCUT2D eigenvalue weighted by Gasteiger charge is -2.17. The highest BCUT2D eigenvalue weighted by Gasteiger charge is 2.36. The van der Waals surface area contributed by atoms with E-state index in [1.54, 1.807) is 0 Å². The number of fused-ring (bicyclic) bond motifs is 1. The Morgan fingerprint density at radius 2 is 2.40 bits per heavy atom. The predicted octanol–water partition coefficient (Wildman–Crippen LogP) is 1.92. The van der Waals surface area contributed by atoms with Crippen LogP contribution in [0.3, 0.4) is 0 Å². The summed E-state index contributed by atoms with van der Waals surface area (Å²) in [6.45, 7) is 1.90. The SMILES string of the molecule is C#C[C@H]1C[C@@H](CO)O[C@H]1n1cc(C)c2c(Cl)ncnc21. The van der Waals surface area contributed by atoms with Crippen LogP contribution < -0.4 is 0 Å². The second kappa shape index (κ2) is 5.06. The van der Waals surface area contributed by atoms with Gasteiger partial charge < -0.3 is 14.4 Å². The van der Waals surface area contributed by atoms with Crippen LogP contribution in [0.4, 0.5) is 0 Å². The topological polar surface area (TPSA) is 60.2 Å². The van der Waals surface area contributed by atoms with Gasteiger partial charge in [0.1, 0.15) is 23.4 Å². The molecule has 20 heavy (non-hydrogen) atoms. The molecule has 0 radical (unpaired) electrons. The van der Waals surface area contributed by atoms with E-state index in [4.69, 9.17) is 22.8 Å². The molecule has 3 heterocycles. The number of hydrogen-bond acceptors (Lipinski definition) is 4. The first-order valence-corrected chi connectivity index (χ1v) is 6.73. The standard InChI is InChI=1S/C14H14ClN3O2/c1-3-9-4-10(6-19)20-14(9)18-5-8(2)11-12(15)16-7-17-13(11)18/h1,5,7,9-10,14,19H,4,6H2,2H3/t9-,10-,14+/m0/s1. The van der Waals surface area contributed by atoms with Crippen molar-refractivity contribution in [2.45, 2.75) is 25.7 Å². The molecule has 0 aromatic carbocycles. The normalized spacial score (nSPS) is 26.0. The lowest BCUT2D eigenvalue weighted by molar-refractivity contribution is -0.0260. The Labute approximate surface area is 121 Å². The fourth-order valence-electron chi connectivity index (χ4n) is 2.69. The van der Waals surface area contributed by atoms with E-state index in [0.717, 1.165) is 10.9 Å². The van der Waals surface area contributed by atoms with Crippen molar-refractivity contribution in [2.24, 2.45) is 5.92 Å². The van der Waals surface area contributed by atoms with Crippen LogP contribution >= 0.6 is 11.6 Å². The number of halogens is 1. The van der Waals surface area contributed by atoms with E-state index in [0.29, 0.717) is 17.2 Å². The maximum Gasteiger partial charge on any atom is 0.149 e. The van der Waals surface area contributed by atoms with Gasteiger partial charge in [0.05, 0.1) is 24.0 Å². The zero-order valence-electron chi connectivity index (χ0n) is 11.0. The second-order valence-electron chi connectivity index (χ2n) is 4.92. The van der Waals surface area contributed by atoms with Crippen LogP contribution in [-0.4, -0.2) is 32.4 Å². The van der Waals surface area contributed by atoms with Gasteiger partial charge in [-0.1, -0.05) is 17.5 Å². The fourth-order valence-corrected chi connectivity index (χ4v) is 2.97. The van der Waals surface area contributed by atoms with E-state index in [-0.39, 0.29) is 24.9 Å². The van der Waals surface area contributed by atoms with Gasteiger partial charge in [-0.25, -0.2) is 9.97 Å². The molecule has 0 unspecified atom stereocenters. The first-order valence-electron chi connectivity index (χ1n) is 6.35. The van der Waals surface area contributed by atoms with Crippen molar-refractivity contribution >= 4 is 22.6 Å². The zero-order chi connectivity index (χ0) is 14.3. The number of ether oxygens (including phenoxy) is 1. The minimum atomic E-state index is -0.334. The van der Waals surface area contributed by atoms with Crippen LogP contribution in [0.1, 0.15) is 18.2 Å². The summed E-state index contributed by atoms with van der Waals surface area (Å²) in [5.74, 6) is 2.63. The minimum Gasteiger partial charge on any atom is -0.394 e. The minimum absolute atomic E-state index is 0.0391. The Morgan fingerprint density at radius 1 is 1.60 bits per heavy atom. The van der Waals surface area contributed by atoms with Crippen LogP contribution in [0.5, 0.6) is 0 Å². The van der Waals surface area contributed by atoms with Gasteiger partial charge in [-0.15, -0.1) is 6.42 Å². The monoisotopic (exact) mass is 291 g/mol. The van der Waals surface area contributed by atoms with Crippen LogP contribution in [0, 0.1) is 25.2 Å². The van der Waals surface area contributed by atoms with E-state index >= 15 is 0 Å². The second-order valence-corrected chi connectivity index (χ2v) is 5.28. The zero-order valence-corrected chi connectivity index (χ0v) is 11.7. The number of aryl methyl sites for hydroxylation is 1. The number of aliphatic hydroxyl groups excluding tert-OH is 1. The molecule has 6 heteroatoms. The number of rotatable bonds is 2. The van der Waals surface area contributed by atoms with Gasteiger partial charge in [-0.05, 0) is 18.9 Å². The van der Waals surface area contributed by atoms with Gasteiger partial charge in [0.2, 0.25) is 0 Å². The molecular formula is C14H14ClN3O2. The van der Waals surface area contributed by atoms with Gasteiger partial charge >= 0.3 is 0 Å². The van der Waals surface area contributed by atoms with E-state index in [1.165, 1.54) is 6.33 Å². The van der Waals surface area contributed by atoms with Crippen LogP contribution in [0.2, 0.25) is 5.15 Å². The molecule has 1 saturated heterocycles. The summed E-state index contributed by atoms with van der Waals surface area (Å²) in [6, 6.07) is 0. The molecule has 1 N–H and O–H groups in total. The lowest BCUT2D eigenvalue weighted by Crippen LogP contribution is -2.15. The van der Waals surface area contributed by atoms with Gasteiger partial charge in [0.25, 0.3) is 0 Å².